The number of phenols is 1. The van der Waals surface area contributed by atoms with Gasteiger partial charge in [0.25, 0.3) is 0 Å². The molecule has 0 saturated carbocycles. The standard InChI is InChI=1S/C32H42N2O2S/c1-3-34(23-30-14-13-29(37-30)16-19-33-17-6-4-5-7-18-33)32-22-28(36-2)12-15-31(32)26-9-8-25-21-27(35)11-10-24(25)20-26/h10-15,21-22,26,35H,3-9,16-20,23H2,1-2H3. The first kappa shape index (κ1) is 26.1. The van der Waals surface area contributed by atoms with Crippen molar-refractivity contribution < 1.29 is 9.84 Å². The summed E-state index contributed by atoms with van der Waals surface area (Å²) in [6.07, 6.45) is 9.82. The van der Waals surface area contributed by atoms with Crippen LogP contribution in [0.4, 0.5) is 5.69 Å². The number of likely N-dealkylation sites (tertiary alicyclic amines) is 1. The molecule has 198 valence electrons. The van der Waals surface area contributed by atoms with Crippen molar-refractivity contribution in [2.75, 3.05) is 38.2 Å². The number of fused-ring (bicyclic) bond motifs is 1. The maximum absolute atomic E-state index is 9.91. The van der Waals surface area contributed by atoms with Crippen LogP contribution in [0.1, 0.15) is 71.4 Å². The second-order valence-electron chi connectivity index (χ2n) is 10.7. The zero-order valence-electron chi connectivity index (χ0n) is 22.5. The predicted molar refractivity (Wildman–Crippen MR) is 156 cm³/mol. The fraction of sp³-hybridized carbons (Fsp3) is 0.500. The van der Waals surface area contributed by atoms with E-state index in [0.717, 1.165) is 44.5 Å². The van der Waals surface area contributed by atoms with E-state index in [1.165, 1.54) is 77.4 Å². The van der Waals surface area contributed by atoms with Gasteiger partial charge in [0.1, 0.15) is 11.5 Å². The zero-order valence-corrected chi connectivity index (χ0v) is 23.4. The van der Waals surface area contributed by atoms with Gasteiger partial charge in [0.15, 0.2) is 0 Å². The lowest BCUT2D eigenvalue weighted by Gasteiger charge is -2.31. The van der Waals surface area contributed by atoms with Gasteiger partial charge < -0.3 is 19.6 Å². The molecule has 1 saturated heterocycles. The maximum Gasteiger partial charge on any atom is 0.120 e. The third kappa shape index (κ3) is 6.50. The number of aromatic hydroxyl groups is 1. The summed E-state index contributed by atoms with van der Waals surface area (Å²) in [4.78, 5) is 8.13. The topological polar surface area (TPSA) is 35.9 Å². The number of thiophene rings is 1. The molecule has 1 aromatic heterocycles. The fourth-order valence-corrected chi connectivity index (χ4v) is 7.12. The van der Waals surface area contributed by atoms with Crippen molar-refractivity contribution in [1.82, 2.24) is 4.90 Å². The van der Waals surface area contributed by atoms with Gasteiger partial charge in [0.05, 0.1) is 13.7 Å². The highest BCUT2D eigenvalue weighted by atomic mass is 32.1. The minimum atomic E-state index is 0.376. The highest BCUT2D eigenvalue weighted by Crippen LogP contribution is 2.40. The second kappa shape index (κ2) is 12.4. The summed E-state index contributed by atoms with van der Waals surface area (Å²) in [7, 11) is 1.76. The number of phenolic OH excluding ortho intramolecular Hbond substituents is 1. The summed E-state index contributed by atoms with van der Waals surface area (Å²) < 4.78 is 5.66. The van der Waals surface area contributed by atoms with Crippen molar-refractivity contribution in [3.63, 3.8) is 0 Å². The molecular formula is C32H42N2O2S. The molecule has 0 bridgehead atoms. The number of hydrogen-bond acceptors (Lipinski definition) is 5. The van der Waals surface area contributed by atoms with Crippen LogP contribution >= 0.6 is 11.3 Å². The lowest BCUT2D eigenvalue weighted by molar-refractivity contribution is 0.289. The van der Waals surface area contributed by atoms with Crippen molar-refractivity contribution in [2.45, 2.75) is 70.8 Å². The Balaban J connectivity index is 1.31. The first-order valence-corrected chi connectivity index (χ1v) is 15.0. The Morgan fingerprint density at radius 3 is 2.57 bits per heavy atom. The SMILES string of the molecule is CCN(Cc1ccc(CCN2CCCCCC2)s1)c1cc(OC)ccc1C1CCc2cc(O)ccc2C1. The van der Waals surface area contributed by atoms with Crippen LogP contribution in [0.2, 0.25) is 0 Å². The van der Waals surface area contributed by atoms with E-state index in [2.05, 4.69) is 53.1 Å². The molecule has 0 amide bonds. The van der Waals surface area contributed by atoms with E-state index in [1.54, 1.807) is 7.11 Å². The molecule has 1 aliphatic heterocycles. The van der Waals surface area contributed by atoms with Gasteiger partial charge in [-0.25, -0.2) is 0 Å². The van der Waals surface area contributed by atoms with Gasteiger partial charge in [-0.05, 0) is 111 Å². The zero-order chi connectivity index (χ0) is 25.6. The van der Waals surface area contributed by atoms with Gasteiger partial charge in [0, 0.05) is 34.6 Å². The maximum atomic E-state index is 9.91. The molecular weight excluding hydrogens is 476 g/mol. The summed E-state index contributed by atoms with van der Waals surface area (Å²) in [6, 6.07) is 17.2. The summed E-state index contributed by atoms with van der Waals surface area (Å²) in [5, 5.41) is 9.91. The van der Waals surface area contributed by atoms with Crippen molar-refractivity contribution in [3.8, 4) is 11.5 Å². The molecule has 4 nitrogen and oxygen atoms in total. The number of benzene rings is 2. The number of ether oxygens (including phenoxy) is 1. The predicted octanol–water partition coefficient (Wildman–Crippen LogP) is 7.18. The van der Waals surface area contributed by atoms with Gasteiger partial charge in [-0.15, -0.1) is 11.3 Å². The molecule has 2 aromatic carbocycles. The van der Waals surface area contributed by atoms with Crippen LogP contribution in [0.5, 0.6) is 11.5 Å². The van der Waals surface area contributed by atoms with E-state index in [9.17, 15) is 5.11 Å². The van der Waals surface area contributed by atoms with Gasteiger partial charge in [0.2, 0.25) is 0 Å². The average molecular weight is 519 g/mol. The van der Waals surface area contributed by atoms with E-state index in [0.29, 0.717) is 11.7 Å². The molecule has 1 unspecified atom stereocenters. The smallest absolute Gasteiger partial charge is 0.120 e. The summed E-state index contributed by atoms with van der Waals surface area (Å²) >= 11 is 1.99. The molecule has 5 heteroatoms. The summed E-state index contributed by atoms with van der Waals surface area (Å²) in [5.74, 6) is 1.77. The minimum Gasteiger partial charge on any atom is -0.508 e. The van der Waals surface area contributed by atoms with E-state index in [-0.39, 0.29) is 0 Å². The Hall–Kier alpha value is -2.50. The lowest BCUT2D eigenvalue weighted by atomic mass is 9.79. The molecule has 2 heterocycles. The van der Waals surface area contributed by atoms with Crippen LogP contribution < -0.4 is 9.64 Å². The Morgan fingerprint density at radius 2 is 1.78 bits per heavy atom. The van der Waals surface area contributed by atoms with Crippen molar-refractivity contribution in [1.29, 1.82) is 0 Å². The van der Waals surface area contributed by atoms with Crippen LogP contribution in [0.25, 0.3) is 0 Å². The Labute approximate surface area is 226 Å². The summed E-state index contributed by atoms with van der Waals surface area (Å²) in [5.41, 5.74) is 5.38. The molecule has 0 radical (unpaired) electrons. The third-order valence-corrected chi connectivity index (χ3v) is 9.39. The Bertz CT molecular complexity index is 1170. The Kier molecular flexibility index (Phi) is 8.73. The number of aryl methyl sites for hydroxylation is 1. The molecule has 1 N–H and O–H groups in total. The van der Waals surface area contributed by atoms with E-state index in [4.69, 9.17) is 4.74 Å². The van der Waals surface area contributed by atoms with Crippen LogP contribution in [0, 0.1) is 0 Å². The molecule has 1 atom stereocenters. The van der Waals surface area contributed by atoms with Crippen LogP contribution in [0.3, 0.4) is 0 Å². The normalized spacial score (nSPS) is 18.3. The summed E-state index contributed by atoms with van der Waals surface area (Å²) in [6.45, 7) is 7.88. The first-order valence-electron chi connectivity index (χ1n) is 14.2. The van der Waals surface area contributed by atoms with Crippen molar-refractivity contribution in [3.05, 3.63) is 75.0 Å². The number of methoxy groups -OCH3 is 1. The highest BCUT2D eigenvalue weighted by molar-refractivity contribution is 7.12. The van der Waals surface area contributed by atoms with E-state index >= 15 is 0 Å². The van der Waals surface area contributed by atoms with Gasteiger partial charge in [-0.1, -0.05) is 25.0 Å². The number of anilines is 1. The highest BCUT2D eigenvalue weighted by Gasteiger charge is 2.25. The fourth-order valence-electron chi connectivity index (χ4n) is 6.10. The Morgan fingerprint density at radius 1 is 0.973 bits per heavy atom. The third-order valence-electron chi connectivity index (χ3n) is 8.26. The quantitative estimate of drug-likeness (QED) is 0.325. The molecule has 0 spiro atoms. The number of nitrogens with zero attached hydrogens (tertiary/aromatic N) is 2. The van der Waals surface area contributed by atoms with E-state index in [1.807, 2.05) is 23.5 Å². The van der Waals surface area contributed by atoms with Crippen LogP contribution in [-0.4, -0.2) is 43.3 Å². The minimum absolute atomic E-state index is 0.376. The second-order valence-corrected chi connectivity index (χ2v) is 12.0. The van der Waals surface area contributed by atoms with Crippen LogP contribution in [0.15, 0.2) is 48.5 Å². The monoisotopic (exact) mass is 518 g/mol. The average Bonchev–Trinajstić information content (AvgIpc) is 3.21. The van der Waals surface area contributed by atoms with Gasteiger partial charge in [-0.3, -0.25) is 0 Å². The lowest BCUT2D eigenvalue weighted by Crippen LogP contribution is -2.26. The first-order chi connectivity index (χ1) is 18.1. The molecule has 1 aliphatic carbocycles. The molecule has 1 fully saturated rings. The molecule has 37 heavy (non-hydrogen) atoms. The number of rotatable bonds is 9. The largest absolute Gasteiger partial charge is 0.508 e. The molecule has 3 aromatic rings. The molecule has 2 aliphatic rings. The van der Waals surface area contributed by atoms with E-state index < -0.39 is 0 Å². The van der Waals surface area contributed by atoms with Crippen LogP contribution in [-0.2, 0) is 25.8 Å². The number of hydrogen-bond donors (Lipinski definition) is 1. The van der Waals surface area contributed by atoms with Crippen molar-refractivity contribution >= 4 is 17.0 Å². The molecule has 5 rings (SSSR count). The van der Waals surface area contributed by atoms with Gasteiger partial charge in [-0.2, -0.15) is 0 Å². The van der Waals surface area contributed by atoms with Crippen molar-refractivity contribution in [2.24, 2.45) is 0 Å². The van der Waals surface area contributed by atoms with Gasteiger partial charge >= 0.3 is 0 Å².